The van der Waals surface area contributed by atoms with Gasteiger partial charge in [-0.05, 0) is 29.3 Å². The predicted octanol–water partition coefficient (Wildman–Crippen LogP) is 2.89. The Morgan fingerprint density at radius 3 is 2.24 bits per heavy atom. The Kier molecular flexibility index (Phi) is 6.73. The largest absolute Gasteiger partial charge is 0.486 e. The maximum Gasteiger partial charge on any atom is 0.243 e. The van der Waals surface area contributed by atoms with Gasteiger partial charge in [0.2, 0.25) is 10.0 Å². The number of benzene rings is 2. The maximum atomic E-state index is 12.5. The smallest absolute Gasteiger partial charge is 0.243 e. The highest BCUT2D eigenvalue weighted by molar-refractivity contribution is 7.89. The van der Waals surface area contributed by atoms with E-state index < -0.39 is 10.0 Å². The van der Waals surface area contributed by atoms with E-state index in [0.29, 0.717) is 36.4 Å². The summed E-state index contributed by atoms with van der Waals surface area (Å²) in [5.74, 6) is 0.662. The Morgan fingerprint density at radius 2 is 1.64 bits per heavy atom. The van der Waals surface area contributed by atoms with Crippen LogP contribution < -0.4 is 4.74 Å². The van der Waals surface area contributed by atoms with Gasteiger partial charge in [-0.3, -0.25) is 4.79 Å². The molecule has 0 bridgehead atoms. The van der Waals surface area contributed by atoms with Crippen molar-refractivity contribution in [2.45, 2.75) is 25.2 Å². The molecule has 6 heteroatoms. The van der Waals surface area contributed by atoms with E-state index in [1.807, 2.05) is 50.2 Å². The van der Waals surface area contributed by atoms with Crippen molar-refractivity contribution in [1.29, 1.82) is 0 Å². The summed E-state index contributed by atoms with van der Waals surface area (Å²) < 4.78 is 31.9. The van der Waals surface area contributed by atoms with Crippen molar-refractivity contribution < 1.29 is 17.9 Å². The fourth-order valence-corrected chi connectivity index (χ4v) is 4.08. The molecule has 0 amide bonds. The first-order valence-corrected chi connectivity index (χ1v) is 9.70. The molecule has 0 aromatic heterocycles. The molecule has 0 saturated heterocycles. The number of carbonyl (C=O) groups is 1. The number of hydrogen-bond acceptors (Lipinski definition) is 4. The van der Waals surface area contributed by atoms with Gasteiger partial charge in [0.1, 0.15) is 12.4 Å². The fraction of sp³-hybridized carbons (Fsp3) is 0.316. The number of rotatable bonds is 9. The fourth-order valence-electron chi connectivity index (χ4n) is 2.63. The second-order valence-electron chi connectivity index (χ2n) is 5.50. The highest BCUT2D eigenvalue weighted by Crippen LogP contribution is 2.23. The van der Waals surface area contributed by atoms with Gasteiger partial charge in [-0.2, -0.15) is 4.31 Å². The van der Waals surface area contributed by atoms with Crippen molar-refractivity contribution in [2.75, 3.05) is 19.7 Å². The molecule has 25 heavy (non-hydrogen) atoms. The number of aldehydes is 1. The molecule has 2 rings (SSSR count). The monoisotopic (exact) mass is 361 g/mol. The van der Waals surface area contributed by atoms with E-state index >= 15 is 0 Å². The van der Waals surface area contributed by atoms with E-state index in [1.54, 1.807) is 12.1 Å². The molecule has 0 atom stereocenters. The molecule has 0 aliphatic heterocycles. The first-order valence-electron chi connectivity index (χ1n) is 8.26. The van der Waals surface area contributed by atoms with Crippen LogP contribution in [0, 0.1) is 0 Å². The zero-order chi connectivity index (χ0) is 18.3. The van der Waals surface area contributed by atoms with Crippen molar-refractivity contribution in [3.8, 4) is 5.75 Å². The summed E-state index contributed by atoms with van der Waals surface area (Å²) >= 11 is 0. The molecule has 0 saturated carbocycles. The number of ether oxygens (including phenoxy) is 1. The Hall–Kier alpha value is -2.18. The standard InChI is InChI=1S/C19H23NO4S/c1-3-20(4-2)25(22,23)18-11-9-16(10-12-18)15-17-7-5-6-8-19(17)24-14-13-21/h5-13H,3-4,14-15H2,1-2H3. The third-order valence-corrected chi connectivity index (χ3v) is 6.00. The van der Waals surface area contributed by atoms with Crippen molar-refractivity contribution in [2.24, 2.45) is 0 Å². The van der Waals surface area contributed by atoms with E-state index in [4.69, 9.17) is 4.74 Å². The highest BCUT2D eigenvalue weighted by atomic mass is 32.2. The van der Waals surface area contributed by atoms with Crippen LogP contribution in [-0.2, 0) is 21.2 Å². The lowest BCUT2D eigenvalue weighted by atomic mass is 10.0. The molecule has 0 spiro atoms. The Balaban J connectivity index is 2.20. The van der Waals surface area contributed by atoms with Crippen LogP contribution in [0.4, 0.5) is 0 Å². The minimum Gasteiger partial charge on any atom is -0.486 e. The molecule has 0 unspecified atom stereocenters. The Morgan fingerprint density at radius 1 is 1.00 bits per heavy atom. The van der Waals surface area contributed by atoms with Crippen molar-refractivity contribution >= 4 is 16.3 Å². The van der Waals surface area contributed by atoms with Crippen LogP contribution in [0.25, 0.3) is 0 Å². The quantitative estimate of drug-likeness (QED) is 0.644. The van der Waals surface area contributed by atoms with Gasteiger partial charge in [-0.15, -0.1) is 0 Å². The lowest BCUT2D eigenvalue weighted by Crippen LogP contribution is -2.30. The lowest BCUT2D eigenvalue weighted by Gasteiger charge is -2.18. The zero-order valence-electron chi connectivity index (χ0n) is 14.5. The van der Waals surface area contributed by atoms with Crippen LogP contribution in [0.5, 0.6) is 5.75 Å². The van der Waals surface area contributed by atoms with Gasteiger partial charge in [0.25, 0.3) is 0 Å². The second kappa shape index (κ2) is 8.78. The van der Waals surface area contributed by atoms with Gasteiger partial charge in [-0.1, -0.05) is 44.2 Å². The first-order chi connectivity index (χ1) is 12.0. The summed E-state index contributed by atoms with van der Waals surface area (Å²) in [4.78, 5) is 10.8. The normalized spacial score (nSPS) is 11.5. The third kappa shape index (κ3) is 4.67. The molecule has 5 nitrogen and oxygen atoms in total. The topological polar surface area (TPSA) is 63.7 Å². The first kappa shape index (κ1) is 19.1. The summed E-state index contributed by atoms with van der Waals surface area (Å²) in [5, 5.41) is 0. The van der Waals surface area contributed by atoms with E-state index in [-0.39, 0.29) is 6.61 Å². The molecule has 0 aliphatic carbocycles. The predicted molar refractivity (Wildman–Crippen MR) is 97.4 cm³/mol. The molecule has 0 heterocycles. The van der Waals surface area contributed by atoms with Crippen molar-refractivity contribution in [3.63, 3.8) is 0 Å². The molecule has 0 aliphatic rings. The van der Waals surface area contributed by atoms with Crippen LogP contribution in [-0.4, -0.2) is 38.7 Å². The molecule has 0 fully saturated rings. The minimum atomic E-state index is -3.44. The molecule has 134 valence electrons. The summed E-state index contributed by atoms with van der Waals surface area (Å²) in [5.41, 5.74) is 1.92. The average molecular weight is 361 g/mol. The number of para-hydroxylation sites is 1. The van der Waals surface area contributed by atoms with Gasteiger partial charge < -0.3 is 4.74 Å². The molecule has 2 aromatic rings. The molecular formula is C19H23NO4S. The van der Waals surface area contributed by atoms with Crippen LogP contribution in [0.15, 0.2) is 53.4 Å². The average Bonchev–Trinajstić information content (AvgIpc) is 2.62. The molecule has 0 radical (unpaired) electrons. The van der Waals surface area contributed by atoms with Crippen LogP contribution >= 0.6 is 0 Å². The van der Waals surface area contributed by atoms with Gasteiger partial charge in [-0.25, -0.2) is 8.42 Å². The van der Waals surface area contributed by atoms with E-state index in [2.05, 4.69) is 0 Å². The summed E-state index contributed by atoms with van der Waals surface area (Å²) in [7, 11) is -3.44. The van der Waals surface area contributed by atoms with Crippen molar-refractivity contribution in [3.05, 3.63) is 59.7 Å². The molecular weight excluding hydrogens is 338 g/mol. The SMILES string of the molecule is CCN(CC)S(=O)(=O)c1ccc(Cc2ccccc2OCC=O)cc1. The van der Waals surface area contributed by atoms with E-state index in [9.17, 15) is 13.2 Å². The summed E-state index contributed by atoms with van der Waals surface area (Å²) in [6.45, 7) is 4.56. The van der Waals surface area contributed by atoms with Gasteiger partial charge in [0.05, 0.1) is 4.90 Å². The van der Waals surface area contributed by atoms with Gasteiger partial charge in [0.15, 0.2) is 6.29 Å². The minimum absolute atomic E-state index is 0.0120. The van der Waals surface area contributed by atoms with E-state index in [1.165, 1.54) is 4.31 Å². The number of carbonyl (C=O) groups excluding carboxylic acids is 1. The Labute approximate surface area is 149 Å². The lowest BCUT2D eigenvalue weighted by molar-refractivity contribution is -0.109. The summed E-state index contributed by atoms with van der Waals surface area (Å²) in [6.07, 6.45) is 1.31. The maximum absolute atomic E-state index is 12.5. The number of sulfonamides is 1. The van der Waals surface area contributed by atoms with E-state index in [0.717, 1.165) is 11.1 Å². The third-order valence-electron chi connectivity index (χ3n) is 3.94. The molecule has 0 N–H and O–H groups in total. The number of nitrogens with zero attached hydrogens (tertiary/aromatic N) is 1. The van der Waals surface area contributed by atoms with Gasteiger partial charge >= 0.3 is 0 Å². The molecule has 2 aromatic carbocycles. The number of hydrogen-bond donors (Lipinski definition) is 0. The zero-order valence-corrected chi connectivity index (χ0v) is 15.3. The van der Waals surface area contributed by atoms with Crippen LogP contribution in [0.1, 0.15) is 25.0 Å². The van der Waals surface area contributed by atoms with Crippen molar-refractivity contribution in [1.82, 2.24) is 4.31 Å². The Bertz CT molecular complexity index is 796. The second-order valence-corrected chi connectivity index (χ2v) is 7.43. The van der Waals surface area contributed by atoms with Crippen LogP contribution in [0.3, 0.4) is 0 Å². The highest BCUT2D eigenvalue weighted by Gasteiger charge is 2.21. The van der Waals surface area contributed by atoms with Crippen LogP contribution in [0.2, 0.25) is 0 Å². The van der Waals surface area contributed by atoms with Gasteiger partial charge in [0, 0.05) is 19.5 Å². The summed E-state index contributed by atoms with van der Waals surface area (Å²) in [6, 6.07) is 14.4.